The van der Waals surface area contributed by atoms with E-state index in [1.165, 1.54) is 25.6 Å². The largest absolute Gasteiger partial charge is 0.369 e. The quantitative estimate of drug-likeness (QED) is 0.833. The smallest absolute Gasteiger partial charge is 0.175 e. The highest BCUT2D eigenvalue weighted by Crippen LogP contribution is 2.20. The molecule has 0 unspecified atom stereocenters. The Morgan fingerprint density at radius 3 is 2.45 bits per heavy atom. The highest BCUT2D eigenvalue weighted by Gasteiger charge is 2.17. The van der Waals surface area contributed by atoms with Crippen molar-refractivity contribution >= 4 is 15.5 Å². The lowest BCUT2D eigenvalue weighted by Gasteiger charge is -2.36. The zero-order chi connectivity index (χ0) is 14.6. The molecule has 5 heteroatoms. The molecule has 112 valence electrons. The van der Waals surface area contributed by atoms with Crippen molar-refractivity contribution in [2.24, 2.45) is 0 Å². The molecule has 4 nitrogen and oxygen atoms in total. The summed E-state index contributed by atoms with van der Waals surface area (Å²) in [6.45, 7) is 7.45. The van der Waals surface area contributed by atoms with Crippen LogP contribution in [0.1, 0.15) is 19.8 Å². The van der Waals surface area contributed by atoms with Crippen molar-refractivity contribution in [1.29, 1.82) is 0 Å². The number of rotatable bonds is 5. The predicted octanol–water partition coefficient (Wildman–Crippen LogP) is 2.01. The summed E-state index contributed by atoms with van der Waals surface area (Å²) in [5.74, 6) is 0. The van der Waals surface area contributed by atoms with E-state index in [0.717, 1.165) is 31.9 Å². The molecule has 1 aliphatic heterocycles. The fraction of sp³-hybridized carbons (Fsp3) is 0.600. The molecule has 1 aliphatic rings. The molecule has 0 aromatic heterocycles. The summed E-state index contributed by atoms with van der Waals surface area (Å²) < 4.78 is 23.2. The van der Waals surface area contributed by atoms with E-state index in [0.29, 0.717) is 4.90 Å². The second-order valence-corrected chi connectivity index (χ2v) is 7.47. The van der Waals surface area contributed by atoms with Crippen LogP contribution in [0.4, 0.5) is 5.69 Å². The fourth-order valence-corrected chi connectivity index (χ4v) is 3.18. The van der Waals surface area contributed by atoms with Gasteiger partial charge >= 0.3 is 0 Å². The van der Waals surface area contributed by atoms with Crippen molar-refractivity contribution in [2.45, 2.75) is 24.7 Å². The molecular weight excluding hydrogens is 272 g/mol. The maximum absolute atomic E-state index is 11.6. The van der Waals surface area contributed by atoms with Crippen LogP contribution in [0.15, 0.2) is 29.2 Å². The monoisotopic (exact) mass is 296 g/mol. The topological polar surface area (TPSA) is 40.6 Å². The fourth-order valence-electron chi connectivity index (χ4n) is 2.52. The molecular formula is C15H24N2O2S. The summed E-state index contributed by atoms with van der Waals surface area (Å²) in [4.78, 5) is 5.17. The Morgan fingerprint density at radius 2 is 1.85 bits per heavy atom. The van der Waals surface area contributed by atoms with Crippen LogP contribution >= 0.6 is 0 Å². The molecule has 0 amide bonds. The Hall–Kier alpha value is -1.07. The first-order valence-corrected chi connectivity index (χ1v) is 9.17. The van der Waals surface area contributed by atoms with Gasteiger partial charge in [0, 0.05) is 38.1 Å². The average Bonchev–Trinajstić information content (AvgIpc) is 2.45. The van der Waals surface area contributed by atoms with Crippen molar-refractivity contribution < 1.29 is 8.42 Å². The zero-order valence-corrected chi connectivity index (χ0v) is 13.2. The summed E-state index contributed by atoms with van der Waals surface area (Å²) >= 11 is 0. The van der Waals surface area contributed by atoms with Gasteiger partial charge in [0.25, 0.3) is 0 Å². The zero-order valence-electron chi connectivity index (χ0n) is 12.4. The highest BCUT2D eigenvalue weighted by atomic mass is 32.2. The van der Waals surface area contributed by atoms with Gasteiger partial charge in [-0.05, 0) is 31.2 Å². The van der Waals surface area contributed by atoms with Crippen molar-refractivity contribution in [1.82, 2.24) is 4.90 Å². The van der Waals surface area contributed by atoms with E-state index in [-0.39, 0.29) is 0 Å². The van der Waals surface area contributed by atoms with E-state index < -0.39 is 9.84 Å². The lowest BCUT2D eigenvalue weighted by Crippen LogP contribution is -2.46. The predicted molar refractivity (Wildman–Crippen MR) is 83.1 cm³/mol. The number of benzene rings is 1. The van der Waals surface area contributed by atoms with E-state index in [4.69, 9.17) is 0 Å². The molecule has 0 radical (unpaired) electrons. The van der Waals surface area contributed by atoms with Crippen LogP contribution in [0, 0.1) is 0 Å². The molecule has 0 aliphatic carbocycles. The number of piperazine rings is 1. The van der Waals surface area contributed by atoms with Crippen LogP contribution in [0.5, 0.6) is 0 Å². The second-order valence-electron chi connectivity index (χ2n) is 5.45. The molecule has 20 heavy (non-hydrogen) atoms. The first kappa shape index (κ1) is 15.3. The molecule has 1 saturated heterocycles. The Balaban J connectivity index is 2.00. The number of nitrogens with zero attached hydrogens (tertiary/aromatic N) is 2. The molecule has 0 spiro atoms. The number of anilines is 1. The minimum absolute atomic E-state index is 0.406. The van der Waals surface area contributed by atoms with Gasteiger partial charge in [-0.25, -0.2) is 8.42 Å². The van der Waals surface area contributed by atoms with E-state index in [1.807, 2.05) is 12.1 Å². The SMILES string of the molecule is CCCCN1CCN(c2cccc(S(C)(=O)=O)c2)CC1. The van der Waals surface area contributed by atoms with Gasteiger partial charge in [-0.2, -0.15) is 0 Å². The summed E-state index contributed by atoms with van der Waals surface area (Å²) in [5.41, 5.74) is 1.02. The average molecular weight is 296 g/mol. The van der Waals surface area contributed by atoms with Crippen molar-refractivity contribution in [2.75, 3.05) is 43.9 Å². The first-order chi connectivity index (χ1) is 9.50. The second kappa shape index (κ2) is 6.59. The third kappa shape index (κ3) is 3.96. The summed E-state index contributed by atoms with van der Waals surface area (Å²) in [5, 5.41) is 0. The third-order valence-corrected chi connectivity index (χ3v) is 4.92. The summed E-state index contributed by atoms with van der Waals surface area (Å²) in [6.07, 6.45) is 3.75. The van der Waals surface area contributed by atoms with Gasteiger partial charge in [-0.3, -0.25) is 4.90 Å². The maximum atomic E-state index is 11.6. The molecule has 0 saturated carbocycles. The van der Waals surface area contributed by atoms with Gasteiger partial charge in [-0.15, -0.1) is 0 Å². The van der Waals surface area contributed by atoms with Crippen molar-refractivity contribution in [3.63, 3.8) is 0 Å². The van der Waals surface area contributed by atoms with Gasteiger partial charge in [0.15, 0.2) is 9.84 Å². The summed E-state index contributed by atoms with van der Waals surface area (Å²) in [7, 11) is -3.12. The molecule has 1 aromatic carbocycles. The van der Waals surface area contributed by atoms with E-state index in [1.54, 1.807) is 12.1 Å². The normalized spacial score (nSPS) is 17.4. The molecule has 1 heterocycles. The van der Waals surface area contributed by atoms with E-state index >= 15 is 0 Å². The van der Waals surface area contributed by atoms with E-state index in [2.05, 4.69) is 16.7 Å². The lowest BCUT2D eigenvalue weighted by atomic mass is 10.2. The van der Waals surface area contributed by atoms with Crippen LogP contribution in [-0.2, 0) is 9.84 Å². The molecule has 1 fully saturated rings. The van der Waals surface area contributed by atoms with Crippen LogP contribution < -0.4 is 4.90 Å². The van der Waals surface area contributed by atoms with Gasteiger partial charge in [0.2, 0.25) is 0 Å². The number of hydrogen-bond donors (Lipinski definition) is 0. The van der Waals surface area contributed by atoms with Gasteiger partial charge < -0.3 is 4.90 Å². The molecule has 0 N–H and O–H groups in total. The summed E-state index contributed by atoms with van der Waals surface area (Å²) in [6, 6.07) is 7.28. The van der Waals surface area contributed by atoms with Crippen LogP contribution in [0.2, 0.25) is 0 Å². The Morgan fingerprint density at radius 1 is 1.15 bits per heavy atom. The van der Waals surface area contributed by atoms with Crippen LogP contribution in [-0.4, -0.2) is 52.3 Å². The Kier molecular flexibility index (Phi) is 5.05. The third-order valence-electron chi connectivity index (χ3n) is 3.81. The van der Waals surface area contributed by atoms with Gasteiger partial charge in [0.1, 0.15) is 0 Å². The molecule has 0 atom stereocenters. The van der Waals surface area contributed by atoms with Crippen LogP contribution in [0.25, 0.3) is 0 Å². The van der Waals surface area contributed by atoms with Crippen molar-refractivity contribution in [3.8, 4) is 0 Å². The maximum Gasteiger partial charge on any atom is 0.175 e. The lowest BCUT2D eigenvalue weighted by molar-refractivity contribution is 0.254. The van der Waals surface area contributed by atoms with E-state index in [9.17, 15) is 8.42 Å². The number of unbranched alkanes of at least 4 members (excludes halogenated alkanes) is 1. The minimum atomic E-state index is -3.12. The number of hydrogen-bond acceptors (Lipinski definition) is 4. The van der Waals surface area contributed by atoms with Gasteiger partial charge in [-0.1, -0.05) is 19.4 Å². The first-order valence-electron chi connectivity index (χ1n) is 7.28. The Bertz CT molecular complexity index is 535. The number of sulfone groups is 1. The molecule has 0 bridgehead atoms. The molecule has 2 rings (SSSR count). The van der Waals surface area contributed by atoms with Crippen molar-refractivity contribution in [3.05, 3.63) is 24.3 Å². The highest BCUT2D eigenvalue weighted by molar-refractivity contribution is 7.90. The van der Waals surface area contributed by atoms with Gasteiger partial charge in [0.05, 0.1) is 4.90 Å². The van der Waals surface area contributed by atoms with Crippen LogP contribution in [0.3, 0.4) is 0 Å². The molecule has 1 aromatic rings. The standard InChI is InChI=1S/C15H24N2O2S/c1-3-4-8-16-9-11-17(12-10-16)14-6-5-7-15(13-14)20(2,18)19/h5-7,13H,3-4,8-12H2,1-2H3. The minimum Gasteiger partial charge on any atom is -0.369 e. The Labute approximate surface area is 122 Å².